The monoisotopic (exact) mass is 394 g/mol. The summed E-state index contributed by atoms with van der Waals surface area (Å²) in [6.07, 6.45) is 1.76. The Morgan fingerprint density at radius 1 is 1.04 bits per heavy atom. The summed E-state index contributed by atoms with van der Waals surface area (Å²) in [5.41, 5.74) is 1.07. The van der Waals surface area contributed by atoms with E-state index in [1.165, 1.54) is 0 Å². The molecule has 0 saturated heterocycles. The van der Waals surface area contributed by atoms with Crippen molar-refractivity contribution in [2.24, 2.45) is 0 Å². The smallest absolute Gasteiger partial charge is 0.322 e. The molecule has 2 aromatic carbocycles. The van der Waals surface area contributed by atoms with Crippen molar-refractivity contribution in [1.29, 1.82) is 0 Å². The number of hydrogen-bond acceptors (Lipinski definition) is 5. The molecule has 28 heavy (non-hydrogen) atoms. The number of benzene rings is 2. The summed E-state index contributed by atoms with van der Waals surface area (Å²) in [4.78, 5) is 12.4. The number of amides is 1. The van der Waals surface area contributed by atoms with Crippen molar-refractivity contribution >= 4 is 28.8 Å². The average Bonchev–Trinajstić information content (AvgIpc) is 3.12. The summed E-state index contributed by atoms with van der Waals surface area (Å²) in [5, 5.41) is 11.1. The van der Waals surface area contributed by atoms with Gasteiger partial charge in [-0.25, -0.2) is 0 Å². The third kappa shape index (κ3) is 4.05. The third-order valence-corrected chi connectivity index (χ3v) is 4.04. The van der Waals surface area contributed by atoms with E-state index >= 15 is 0 Å². The Balaban J connectivity index is 1.46. The van der Waals surface area contributed by atoms with Crippen molar-refractivity contribution < 1.29 is 14.3 Å². The van der Waals surface area contributed by atoms with E-state index in [0.29, 0.717) is 27.9 Å². The first-order valence-corrected chi connectivity index (χ1v) is 8.82. The van der Waals surface area contributed by atoms with Gasteiger partial charge in [0.2, 0.25) is 0 Å². The number of ether oxygens (including phenoxy) is 2. The zero-order valence-electron chi connectivity index (χ0n) is 14.6. The van der Waals surface area contributed by atoms with Crippen LogP contribution < -0.4 is 14.8 Å². The van der Waals surface area contributed by atoms with E-state index in [1.54, 1.807) is 34.9 Å². The Kier molecular flexibility index (Phi) is 5.07. The minimum absolute atomic E-state index is 0.234. The topological polar surface area (TPSA) is 77.8 Å². The summed E-state index contributed by atoms with van der Waals surface area (Å²) in [6, 6.07) is 19.9. The van der Waals surface area contributed by atoms with Crippen LogP contribution in [-0.2, 0) is 4.79 Å². The zero-order valence-corrected chi connectivity index (χ0v) is 15.3. The standard InChI is InChI=1S/C20H15ClN4O3/c21-14-9-10-17(28-15-6-2-1-3-7-15)16(12-14)22-19(26)13-27-20-24-23-18-8-4-5-11-25(18)20/h1-12H,13H2,(H,22,26). The molecule has 4 aromatic rings. The van der Waals surface area contributed by atoms with E-state index in [0.717, 1.165) is 0 Å². The highest BCUT2D eigenvalue weighted by Gasteiger charge is 2.12. The molecule has 0 spiro atoms. The second-order valence-electron chi connectivity index (χ2n) is 5.80. The van der Waals surface area contributed by atoms with Gasteiger partial charge in [-0.1, -0.05) is 41.0 Å². The number of para-hydroxylation sites is 1. The fraction of sp³-hybridized carbons (Fsp3) is 0.0500. The number of rotatable bonds is 6. The van der Waals surface area contributed by atoms with Crippen LogP contribution >= 0.6 is 11.6 Å². The molecule has 0 aliphatic heterocycles. The molecule has 0 fully saturated rings. The Morgan fingerprint density at radius 2 is 1.86 bits per heavy atom. The van der Waals surface area contributed by atoms with Gasteiger partial charge in [-0.2, -0.15) is 0 Å². The second-order valence-corrected chi connectivity index (χ2v) is 6.24. The predicted molar refractivity (Wildman–Crippen MR) is 105 cm³/mol. The molecule has 4 rings (SSSR count). The van der Waals surface area contributed by atoms with Crippen LogP contribution in [0.4, 0.5) is 5.69 Å². The predicted octanol–water partition coefficient (Wildman–Crippen LogP) is 4.19. The quantitative estimate of drug-likeness (QED) is 0.530. The van der Waals surface area contributed by atoms with Crippen molar-refractivity contribution in [3.8, 4) is 17.5 Å². The normalized spacial score (nSPS) is 10.6. The molecule has 0 saturated carbocycles. The molecule has 1 amide bonds. The first-order valence-electron chi connectivity index (χ1n) is 8.44. The van der Waals surface area contributed by atoms with Crippen LogP contribution in [0.25, 0.3) is 5.65 Å². The van der Waals surface area contributed by atoms with E-state index in [4.69, 9.17) is 21.1 Å². The molecule has 7 nitrogen and oxygen atoms in total. The van der Waals surface area contributed by atoms with Crippen molar-refractivity contribution in [3.05, 3.63) is 77.9 Å². The molecule has 0 radical (unpaired) electrons. The van der Waals surface area contributed by atoms with Gasteiger partial charge < -0.3 is 14.8 Å². The Labute approximate surface area is 165 Å². The van der Waals surface area contributed by atoms with Gasteiger partial charge in [-0.15, -0.1) is 5.10 Å². The van der Waals surface area contributed by atoms with Crippen molar-refractivity contribution in [3.63, 3.8) is 0 Å². The number of hydrogen-bond donors (Lipinski definition) is 1. The Bertz CT molecular complexity index is 1110. The number of nitrogens with zero attached hydrogens (tertiary/aromatic N) is 3. The molecule has 0 unspecified atom stereocenters. The summed E-state index contributed by atoms with van der Waals surface area (Å²) < 4.78 is 13.0. The maximum absolute atomic E-state index is 12.4. The van der Waals surface area contributed by atoms with Crippen molar-refractivity contribution in [1.82, 2.24) is 14.6 Å². The molecule has 0 aliphatic carbocycles. The summed E-state index contributed by atoms with van der Waals surface area (Å²) in [5.74, 6) is 0.733. The molecule has 2 heterocycles. The van der Waals surface area contributed by atoms with E-state index in [1.807, 2.05) is 42.5 Å². The van der Waals surface area contributed by atoms with Gasteiger partial charge in [0, 0.05) is 11.2 Å². The van der Waals surface area contributed by atoms with Gasteiger partial charge >= 0.3 is 6.01 Å². The van der Waals surface area contributed by atoms with E-state index < -0.39 is 0 Å². The maximum atomic E-state index is 12.4. The molecule has 0 atom stereocenters. The third-order valence-electron chi connectivity index (χ3n) is 3.80. The summed E-state index contributed by atoms with van der Waals surface area (Å²) in [7, 11) is 0. The molecule has 140 valence electrons. The van der Waals surface area contributed by atoms with Crippen LogP contribution in [-0.4, -0.2) is 27.1 Å². The Morgan fingerprint density at radius 3 is 2.71 bits per heavy atom. The van der Waals surface area contributed by atoms with Crippen LogP contribution in [0.2, 0.25) is 5.02 Å². The van der Waals surface area contributed by atoms with Gasteiger partial charge in [0.15, 0.2) is 18.0 Å². The molecule has 0 bridgehead atoms. The lowest BCUT2D eigenvalue weighted by molar-refractivity contribution is -0.118. The zero-order chi connectivity index (χ0) is 19.3. The maximum Gasteiger partial charge on any atom is 0.322 e. The number of aromatic nitrogens is 3. The lowest BCUT2D eigenvalue weighted by atomic mass is 10.2. The van der Waals surface area contributed by atoms with Crippen LogP contribution in [0.15, 0.2) is 72.9 Å². The van der Waals surface area contributed by atoms with Gasteiger partial charge in [0.05, 0.1) is 5.69 Å². The summed E-state index contributed by atoms with van der Waals surface area (Å²) >= 11 is 6.07. The molecular weight excluding hydrogens is 380 g/mol. The van der Waals surface area contributed by atoms with Crippen LogP contribution in [0.5, 0.6) is 17.5 Å². The fourth-order valence-electron chi connectivity index (χ4n) is 2.54. The minimum Gasteiger partial charge on any atom is -0.455 e. The molecule has 8 heteroatoms. The van der Waals surface area contributed by atoms with E-state index in [2.05, 4.69) is 15.5 Å². The highest BCUT2D eigenvalue weighted by atomic mass is 35.5. The van der Waals surface area contributed by atoms with E-state index in [-0.39, 0.29) is 18.5 Å². The molecule has 0 aliphatic rings. The van der Waals surface area contributed by atoms with Crippen LogP contribution in [0.3, 0.4) is 0 Å². The van der Waals surface area contributed by atoms with Crippen molar-refractivity contribution in [2.75, 3.05) is 11.9 Å². The number of carbonyl (C=O) groups is 1. The molecular formula is C20H15ClN4O3. The number of fused-ring (bicyclic) bond motifs is 1. The van der Waals surface area contributed by atoms with E-state index in [9.17, 15) is 4.79 Å². The van der Waals surface area contributed by atoms with Crippen LogP contribution in [0, 0.1) is 0 Å². The highest BCUT2D eigenvalue weighted by molar-refractivity contribution is 6.31. The van der Waals surface area contributed by atoms with Gasteiger partial charge in [-0.3, -0.25) is 9.20 Å². The SMILES string of the molecule is O=C(COc1nnc2ccccn12)Nc1cc(Cl)ccc1Oc1ccccc1. The first-order chi connectivity index (χ1) is 13.7. The highest BCUT2D eigenvalue weighted by Crippen LogP contribution is 2.32. The van der Waals surface area contributed by atoms with Crippen LogP contribution in [0.1, 0.15) is 0 Å². The minimum atomic E-state index is -0.382. The lowest BCUT2D eigenvalue weighted by Gasteiger charge is -2.13. The molecule has 2 aromatic heterocycles. The van der Waals surface area contributed by atoms with Gasteiger partial charge in [-0.05, 0) is 42.5 Å². The largest absolute Gasteiger partial charge is 0.455 e. The Hall–Kier alpha value is -3.58. The number of pyridine rings is 1. The molecule has 1 N–H and O–H groups in total. The summed E-state index contributed by atoms with van der Waals surface area (Å²) in [6.45, 7) is -0.243. The van der Waals surface area contributed by atoms with Gasteiger partial charge in [0.1, 0.15) is 5.75 Å². The number of halogens is 1. The lowest BCUT2D eigenvalue weighted by Crippen LogP contribution is -2.21. The van der Waals surface area contributed by atoms with Crippen molar-refractivity contribution in [2.45, 2.75) is 0 Å². The number of carbonyl (C=O) groups excluding carboxylic acids is 1. The fourth-order valence-corrected chi connectivity index (χ4v) is 2.71. The first kappa shape index (κ1) is 17.8. The van der Waals surface area contributed by atoms with Gasteiger partial charge in [0.25, 0.3) is 5.91 Å². The average molecular weight is 395 g/mol. The number of nitrogens with one attached hydrogen (secondary N) is 1. The second kappa shape index (κ2) is 7.98. The number of anilines is 1.